The van der Waals surface area contributed by atoms with Gasteiger partial charge in [-0.25, -0.2) is 4.79 Å². The first-order valence-electron chi connectivity index (χ1n) is 4.14. The predicted octanol–water partition coefficient (Wildman–Crippen LogP) is 2.79. The van der Waals surface area contributed by atoms with Crippen LogP contribution in [0.3, 0.4) is 0 Å². The third kappa shape index (κ3) is 2.37. The van der Waals surface area contributed by atoms with Crippen molar-refractivity contribution in [2.45, 2.75) is 0 Å². The maximum atomic E-state index is 11.0. The Hall–Kier alpha value is -1.47. The highest BCUT2D eigenvalue weighted by atomic mass is 79.9. The van der Waals surface area contributed by atoms with Crippen LogP contribution in [-0.4, -0.2) is 20.4 Å². The molecule has 1 aromatic carbocycles. The summed E-state index contributed by atoms with van der Waals surface area (Å²) >= 11 is 4.25. The lowest BCUT2D eigenvalue weighted by molar-refractivity contribution is 0.0694. The summed E-state index contributed by atoms with van der Waals surface area (Å²) in [6.45, 7) is 0. The van der Waals surface area contributed by atoms with Crippen molar-refractivity contribution in [3.8, 4) is 10.9 Å². The van der Waals surface area contributed by atoms with E-state index in [-0.39, 0.29) is 11.3 Å². The maximum Gasteiger partial charge on any atom is 0.339 e. The van der Waals surface area contributed by atoms with Crippen LogP contribution < -0.4 is 4.74 Å². The topological polar surface area (TPSA) is 72.3 Å². The number of aromatic carboxylic acids is 1. The Kier molecular flexibility index (Phi) is 3.16. The molecule has 1 aromatic heterocycles. The second-order valence-corrected chi connectivity index (χ2v) is 4.41. The van der Waals surface area contributed by atoms with Crippen molar-refractivity contribution in [3.05, 3.63) is 34.6 Å². The van der Waals surface area contributed by atoms with Crippen LogP contribution in [0.15, 0.2) is 29.0 Å². The zero-order chi connectivity index (χ0) is 11.5. The van der Waals surface area contributed by atoms with Crippen molar-refractivity contribution in [2.75, 3.05) is 0 Å². The van der Waals surface area contributed by atoms with Crippen LogP contribution in [0.4, 0.5) is 0 Å². The average Bonchev–Trinajstić information content (AvgIpc) is 2.73. The molecule has 0 amide bonds. The molecule has 7 heteroatoms. The van der Waals surface area contributed by atoms with Gasteiger partial charge in [-0.3, -0.25) is 0 Å². The minimum atomic E-state index is -1.05. The van der Waals surface area contributed by atoms with Crippen LogP contribution in [0.25, 0.3) is 0 Å². The Morgan fingerprint density at radius 3 is 2.94 bits per heavy atom. The fourth-order valence-electron chi connectivity index (χ4n) is 1.06. The summed E-state index contributed by atoms with van der Waals surface area (Å²) in [5, 5.41) is 9.30. The number of hydrogen-bond acceptors (Lipinski definition) is 5. The van der Waals surface area contributed by atoms with Crippen LogP contribution in [0.5, 0.6) is 10.9 Å². The van der Waals surface area contributed by atoms with Crippen LogP contribution in [-0.2, 0) is 0 Å². The van der Waals surface area contributed by atoms with E-state index in [0.717, 1.165) is 11.5 Å². The number of carboxylic acids is 1. The number of carbonyl (C=O) groups is 1. The summed E-state index contributed by atoms with van der Waals surface area (Å²) in [5.41, 5.74) is 0.0737. The van der Waals surface area contributed by atoms with E-state index in [1.165, 1.54) is 12.4 Å². The minimum Gasteiger partial charge on any atom is -0.478 e. The van der Waals surface area contributed by atoms with E-state index in [2.05, 4.69) is 25.3 Å². The molecule has 0 aliphatic rings. The highest BCUT2D eigenvalue weighted by Gasteiger charge is 2.13. The number of hydrogen-bond donors (Lipinski definition) is 1. The third-order valence-corrected chi connectivity index (χ3v) is 2.75. The fourth-order valence-corrected chi connectivity index (χ4v) is 1.83. The lowest BCUT2D eigenvalue weighted by atomic mass is 10.2. The summed E-state index contributed by atoms with van der Waals surface area (Å²) in [6, 6.07) is 4.73. The van der Waals surface area contributed by atoms with E-state index in [4.69, 9.17) is 9.84 Å². The van der Waals surface area contributed by atoms with Gasteiger partial charge in [-0.05, 0) is 18.2 Å². The summed E-state index contributed by atoms with van der Waals surface area (Å²) in [5.74, 6) is -0.812. The molecule has 0 aliphatic heterocycles. The van der Waals surface area contributed by atoms with Crippen LogP contribution in [0, 0.1) is 0 Å². The van der Waals surface area contributed by atoms with Gasteiger partial charge >= 0.3 is 5.97 Å². The molecule has 0 bridgehead atoms. The summed E-state index contributed by atoms with van der Waals surface area (Å²) in [7, 11) is 0. The van der Waals surface area contributed by atoms with E-state index in [1.54, 1.807) is 12.1 Å². The van der Waals surface area contributed by atoms with Gasteiger partial charge in [0.1, 0.15) is 17.6 Å². The smallest absolute Gasteiger partial charge is 0.339 e. The molecule has 2 rings (SSSR count). The van der Waals surface area contributed by atoms with Gasteiger partial charge in [0.15, 0.2) is 0 Å². The number of aromatic nitrogens is 2. The summed E-state index contributed by atoms with van der Waals surface area (Å²) < 4.78 is 9.74. The van der Waals surface area contributed by atoms with Crippen molar-refractivity contribution >= 4 is 33.4 Å². The number of benzene rings is 1. The molecule has 0 unspecified atom stereocenters. The maximum absolute atomic E-state index is 11.0. The molecule has 0 atom stereocenters. The number of halogens is 1. The molecular formula is C9H5BrN2O3S. The molecular weight excluding hydrogens is 296 g/mol. The zero-order valence-corrected chi connectivity index (χ0v) is 10.2. The first kappa shape index (κ1) is 11.0. The highest BCUT2D eigenvalue weighted by molar-refractivity contribution is 9.10. The van der Waals surface area contributed by atoms with Crippen molar-refractivity contribution < 1.29 is 14.6 Å². The minimum absolute atomic E-state index is 0.0737. The molecule has 1 heterocycles. The van der Waals surface area contributed by atoms with E-state index in [0.29, 0.717) is 9.67 Å². The fraction of sp³-hybridized carbons (Fsp3) is 0. The van der Waals surface area contributed by atoms with Gasteiger partial charge < -0.3 is 9.84 Å². The zero-order valence-electron chi connectivity index (χ0n) is 7.75. The van der Waals surface area contributed by atoms with E-state index in [9.17, 15) is 4.79 Å². The van der Waals surface area contributed by atoms with Crippen LogP contribution in [0.2, 0.25) is 0 Å². The SMILES string of the molecule is O=C(O)c1cc(Br)ccc1Oc1ncns1. The first-order chi connectivity index (χ1) is 7.66. The Morgan fingerprint density at radius 2 is 2.31 bits per heavy atom. The quantitative estimate of drug-likeness (QED) is 0.943. The summed E-state index contributed by atoms with van der Waals surface area (Å²) in [6.07, 6.45) is 1.35. The van der Waals surface area contributed by atoms with E-state index in [1.807, 2.05) is 0 Å². The van der Waals surface area contributed by atoms with Gasteiger partial charge in [0.2, 0.25) is 0 Å². The van der Waals surface area contributed by atoms with Gasteiger partial charge in [0.05, 0.1) is 0 Å². The van der Waals surface area contributed by atoms with Gasteiger partial charge in [-0.15, -0.1) is 0 Å². The molecule has 1 N–H and O–H groups in total. The van der Waals surface area contributed by atoms with Crippen molar-refractivity contribution in [2.24, 2.45) is 0 Å². The highest BCUT2D eigenvalue weighted by Crippen LogP contribution is 2.28. The standard InChI is InChI=1S/C9H5BrN2O3S/c10-5-1-2-7(6(3-5)8(13)14)15-9-11-4-12-16-9/h1-4H,(H,13,14). The molecule has 0 aliphatic carbocycles. The number of ether oxygens (including phenoxy) is 1. The normalized spacial score (nSPS) is 10.1. The van der Waals surface area contributed by atoms with Crippen molar-refractivity contribution in [3.63, 3.8) is 0 Å². The molecule has 0 fully saturated rings. The Morgan fingerprint density at radius 1 is 1.50 bits per heavy atom. The number of carboxylic acid groups (broad SMARTS) is 1. The van der Waals surface area contributed by atoms with E-state index < -0.39 is 5.97 Å². The molecule has 0 radical (unpaired) electrons. The molecule has 16 heavy (non-hydrogen) atoms. The second-order valence-electron chi connectivity index (χ2n) is 2.75. The van der Waals surface area contributed by atoms with Crippen molar-refractivity contribution in [1.82, 2.24) is 9.36 Å². The largest absolute Gasteiger partial charge is 0.478 e. The second kappa shape index (κ2) is 4.58. The molecule has 0 spiro atoms. The lowest BCUT2D eigenvalue weighted by Gasteiger charge is -2.05. The van der Waals surface area contributed by atoms with Crippen LogP contribution >= 0.6 is 27.5 Å². The molecule has 2 aromatic rings. The van der Waals surface area contributed by atoms with E-state index >= 15 is 0 Å². The van der Waals surface area contributed by atoms with Crippen LogP contribution in [0.1, 0.15) is 10.4 Å². The third-order valence-electron chi connectivity index (χ3n) is 1.71. The van der Waals surface area contributed by atoms with Gasteiger partial charge in [-0.1, -0.05) is 15.9 Å². The lowest BCUT2D eigenvalue weighted by Crippen LogP contribution is -1.99. The molecule has 5 nitrogen and oxygen atoms in total. The number of rotatable bonds is 3. The molecule has 0 saturated heterocycles. The number of nitrogens with zero attached hydrogens (tertiary/aromatic N) is 2. The monoisotopic (exact) mass is 300 g/mol. The molecule has 82 valence electrons. The predicted molar refractivity (Wildman–Crippen MR) is 61.1 cm³/mol. The van der Waals surface area contributed by atoms with Gasteiger partial charge in [-0.2, -0.15) is 9.36 Å². The van der Waals surface area contributed by atoms with Gasteiger partial charge in [0.25, 0.3) is 5.19 Å². The first-order valence-corrected chi connectivity index (χ1v) is 5.71. The Bertz CT molecular complexity index is 515. The Balaban J connectivity index is 2.36. The molecule has 0 saturated carbocycles. The van der Waals surface area contributed by atoms with Gasteiger partial charge in [0, 0.05) is 16.0 Å². The Labute approximate surface area is 103 Å². The summed E-state index contributed by atoms with van der Waals surface area (Å²) in [4.78, 5) is 14.8. The van der Waals surface area contributed by atoms with Crippen molar-refractivity contribution in [1.29, 1.82) is 0 Å². The average molecular weight is 301 g/mol.